The van der Waals surface area contributed by atoms with E-state index in [2.05, 4.69) is 9.97 Å². The second-order valence-corrected chi connectivity index (χ2v) is 7.79. The van der Waals surface area contributed by atoms with Crippen molar-refractivity contribution in [2.75, 3.05) is 0 Å². The van der Waals surface area contributed by atoms with Crippen LogP contribution in [-0.4, -0.2) is 34.6 Å². The monoisotopic (exact) mass is 320 g/mol. The van der Waals surface area contributed by atoms with Crippen LogP contribution in [0.4, 0.5) is 0 Å². The highest BCUT2D eigenvalue weighted by atomic mass is 31.2. The first kappa shape index (κ1) is 15.2. The lowest BCUT2D eigenvalue weighted by atomic mass is 10.3. The average Bonchev–Trinajstić information content (AvgIpc) is 2.34. The molecule has 0 aliphatic rings. The highest BCUT2D eigenvalue weighted by Gasteiger charge is 2.62. The predicted molar refractivity (Wildman–Crippen MR) is 67.5 cm³/mol. The molecule has 2 rings (SSSR count). The van der Waals surface area contributed by atoms with Crippen molar-refractivity contribution >= 4 is 26.2 Å². The summed E-state index contributed by atoms with van der Waals surface area (Å²) in [5.41, 5.74) is -0.418. The van der Waals surface area contributed by atoms with Crippen LogP contribution in [0.15, 0.2) is 30.5 Å². The highest BCUT2D eigenvalue weighted by molar-refractivity contribution is 7.71. The van der Waals surface area contributed by atoms with E-state index >= 15 is 0 Å². The quantitative estimate of drug-likeness (QED) is 0.493. The molecule has 108 valence electrons. The zero-order valence-corrected chi connectivity index (χ0v) is 11.5. The molecule has 20 heavy (non-hydrogen) atoms. The molecule has 1 aromatic carbocycles. The summed E-state index contributed by atoms with van der Waals surface area (Å²) in [6.45, 7) is 0. The van der Waals surface area contributed by atoms with Crippen molar-refractivity contribution in [2.24, 2.45) is 0 Å². The van der Waals surface area contributed by atoms with Gasteiger partial charge in [0.25, 0.3) is 0 Å². The van der Waals surface area contributed by atoms with Crippen LogP contribution in [0.25, 0.3) is 11.0 Å². The van der Waals surface area contributed by atoms with E-state index in [1.54, 1.807) is 18.2 Å². The first-order valence-corrected chi connectivity index (χ1v) is 8.36. The number of para-hydroxylation sites is 2. The Hall–Kier alpha value is -1.18. The summed E-state index contributed by atoms with van der Waals surface area (Å²) in [6.07, 6.45) is 0.723. The molecule has 0 amide bonds. The summed E-state index contributed by atoms with van der Waals surface area (Å²) in [4.78, 5) is 43.8. The second-order valence-electron chi connectivity index (χ2n) is 3.97. The summed E-state index contributed by atoms with van der Waals surface area (Å²) in [5, 5.41) is 6.16. The van der Waals surface area contributed by atoms with Gasteiger partial charge in [0.1, 0.15) is 5.69 Å². The molecule has 0 spiro atoms. The zero-order valence-electron chi connectivity index (χ0n) is 9.73. The Bertz CT molecular complexity index is 731. The van der Waals surface area contributed by atoms with Crippen LogP contribution in [0.3, 0.4) is 0 Å². The van der Waals surface area contributed by atoms with Crippen LogP contribution in [0.1, 0.15) is 5.69 Å². The fourth-order valence-corrected chi connectivity index (χ4v) is 3.76. The van der Waals surface area contributed by atoms with Crippen LogP contribution < -0.4 is 0 Å². The summed E-state index contributed by atoms with van der Waals surface area (Å²) < 4.78 is 22.6. The number of aromatic nitrogens is 2. The molecule has 0 aliphatic carbocycles. The minimum atomic E-state index is -5.62. The fraction of sp³-hybridized carbons (Fsp3) is 0.111. The van der Waals surface area contributed by atoms with E-state index in [1.807, 2.05) is 0 Å². The first-order valence-electron chi connectivity index (χ1n) is 5.13. The van der Waals surface area contributed by atoms with Gasteiger partial charge in [0.2, 0.25) is 0 Å². The Kier molecular flexibility index (Phi) is 3.56. The Morgan fingerprint density at radius 1 is 0.950 bits per heavy atom. The van der Waals surface area contributed by atoms with Crippen molar-refractivity contribution in [1.82, 2.24) is 9.97 Å². The third-order valence-corrected chi connectivity index (χ3v) is 6.25. The van der Waals surface area contributed by atoms with Gasteiger partial charge >= 0.3 is 20.3 Å². The number of nitrogens with zero attached hydrogens (tertiary/aromatic N) is 2. The maximum Gasteiger partial charge on any atom is 0.375 e. The Morgan fingerprint density at radius 2 is 1.45 bits per heavy atom. The molecule has 9 nitrogen and oxygen atoms in total. The van der Waals surface area contributed by atoms with Gasteiger partial charge in [-0.3, -0.25) is 14.1 Å². The fourth-order valence-electron chi connectivity index (χ4n) is 1.59. The molecule has 0 saturated carbocycles. The molecule has 0 fully saturated rings. The van der Waals surface area contributed by atoms with E-state index in [4.69, 9.17) is 19.6 Å². The third kappa shape index (κ3) is 2.30. The number of hydrogen-bond donors (Lipinski definition) is 5. The van der Waals surface area contributed by atoms with E-state index in [0.29, 0.717) is 5.52 Å². The van der Waals surface area contributed by atoms with E-state index in [0.717, 1.165) is 6.20 Å². The van der Waals surface area contributed by atoms with Gasteiger partial charge in [0, 0.05) is 0 Å². The van der Waals surface area contributed by atoms with Crippen LogP contribution in [-0.2, 0) is 14.2 Å². The SMILES string of the molecule is O=P(O)(O)C(O)(c1cnc2ccccc2n1)P(=O)(O)O. The molecule has 0 aliphatic heterocycles. The molecule has 1 aromatic heterocycles. The minimum Gasteiger partial charge on any atom is -0.363 e. The number of rotatable bonds is 3. The van der Waals surface area contributed by atoms with E-state index < -0.39 is 26.0 Å². The van der Waals surface area contributed by atoms with Crippen molar-refractivity contribution in [1.29, 1.82) is 0 Å². The van der Waals surface area contributed by atoms with Crippen LogP contribution in [0.2, 0.25) is 0 Å². The van der Waals surface area contributed by atoms with Crippen molar-refractivity contribution < 1.29 is 33.8 Å². The maximum atomic E-state index is 11.3. The smallest absolute Gasteiger partial charge is 0.363 e. The van der Waals surface area contributed by atoms with E-state index in [9.17, 15) is 14.2 Å². The molecule has 1 heterocycles. The summed E-state index contributed by atoms with van der Waals surface area (Å²) in [7, 11) is -11.2. The highest BCUT2D eigenvalue weighted by Crippen LogP contribution is 2.72. The standard InChI is InChI=1S/C9H10N2O7P2/c12-9(19(13,14)15,20(16,17)18)8-5-10-6-3-1-2-4-7(6)11-8/h1-5,12H,(H2,13,14,15)(H2,16,17,18). The minimum absolute atomic E-state index is 0.130. The Morgan fingerprint density at radius 3 is 1.95 bits per heavy atom. The lowest BCUT2D eigenvalue weighted by Crippen LogP contribution is -2.27. The van der Waals surface area contributed by atoms with E-state index in [-0.39, 0.29) is 5.52 Å². The van der Waals surface area contributed by atoms with Crippen molar-refractivity contribution in [2.45, 2.75) is 5.08 Å². The maximum absolute atomic E-state index is 11.3. The summed E-state index contributed by atoms with van der Waals surface area (Å²) in [5.74, 6) is 0. The van der Waals surface area contributed by atoms with Gasteiger partial charge in [-0.2, -0.15) is 0 Å². The number of hydrogen-bond acceptors (Lipinski definition) is 5. The van der Waals surface area contributed by atoms with Crippen LogP contribution in [0.5, 0.6) is 0 Å². The normalized spacial score (nSPS) is 13.7. The molecule has 0 saturated heterocycles. The molecular weight excluding hydrogens is 310 g/mol. The van der Waals surface area contributed by atoms with Crippen LogP contribution >= 0.6 is 15.2 Å². The van der Waals surface area contributed by atoms with Crippen LogP contribution in [0, 0.1) is 0 Å². The van der Waals surface area contributed by atoms with Crippen molar-refractivity contribution in [3.8, 4) is 0 Å². The Balaban J connectivity index is 2.77. The number of fused-ring (bicyclic) bond motifs is 1. The van der Waals surface area contributed by atoms with Gasteiger partial charge in [0.15, 0.2) is 0 Å². The number of aliphatic hydroxyl groups is 1. The molecular formula is C9H10N2O7P2. The van der Waals surface area contributed by atoms with Gasteiger partial charge in [-0.15, -0.1) is 0 Å². The largest absolute Gasteiger partial charge is 0.375 e. The molecule has 5 N–H and O–H groups in total. The lowest BCUT2D eigenvalue weighted by molar-refractivity contribution is 0.127. The van der Waals surface area contributed by atoms with Crippen molar-refractivity contribution in [3.05, 3.63) is 36.2 Å². The molecule has 0 radical (unpaired) electrons. The van der Waals surface area contributed by atoms with Gasteiger partial charge in [-0.1, -0.05) is 12.1 Å². The topological polar surface area (TPSA) is 161 Å². The lowest BCUT2D eigenvalue weighted by Gasteiger charge is -2.28. The molecule has 11 heteroatoms. The molecule has 0 unspecified atom stereocenters. The zero-order chi connectivity index (χ0) is 15.2. The van der Waals surface area contributed by atoms with Gasteiger partial charge < -0.3 is 24.7 Å². The third-order valence-electron chi connectivity index (χ3n) is 2.60. The second kappa shape index (κ2) is 4.68. The van der Waals surface area contributed by atoms with Gasteiger partial charge in [0.05, 0.1) is 17.2 Å². The predicted octanol–water partition coefficient (Wildman–Crippen LogP) is 0.0878. The molecule has 0 atom stereocenters. The average molecular weight is 320 g/mol. The molecule has 0 bridgehead atoms. The summed E-state index contributed by atoms with van der Waals surface area (Å²) >= 11 is 0. The van der Waals surface area contributed by atoms with E-state index in [1.165, 1.54) is 6.07 Å². The first-order chi connectivity index (χ1) is 9.07. The Labute approximate surface area is 112 Å². The summed E-state index contributed by atoms with van der Waals surface area (Å²) in [6, 6.07) is 6.15. The number of benzene rings is 1. The molecule has 2 aromatic rings. The van der Waals surface area contributed by atoms with Crippen molar-refractivity contribution in [3.63, 3.8) is 0 Å². The van der Waals surface area contributed by atoms with Gasteiger partial charge in [-0.25, -0.2) is 4.98 Å². The van der Waals surface area contributed by atoms with Gasteiger partial charge in [-0.05, 0) is 12.1 Å².